The van der Waals surface area contributed by atoms with E-state index in [1.54, 1.807) is 18.5 Å². The molecule has 5 nitrogen and oxygen atoms in total. The van der Waals surface area contributed by atoms with Gasteiger partial charge in [0.1, 0.15) is 10.8 Å². The summed E-state index contributed by atoms with van der Waals surface area (Å²) >= 11 is 9.29. The second-order valence-electron chi connectivity index (χ2n) is 3.32. The molecular weight excluding hydrogens is 320 g/mol. The highest BCUT2D eigenvalue weighted by Gasteiger charge is 2.08. The van der Waals surface area contributed by atoms with E-state index in [9.17, 15) is 0 Å². The molecule has 2 aromatic heterocycles. The van der Waals surface area contributed by atoms with Crippen LogP contribution in [-0.4, -0.2) is 21.5 Å². The van der Waals surface area contributed by atoms with Gasteiger partial charge in [-0.25, -0.2) is 4.98 Å². The molecule has 7 heteroatoms. The zero-order chi connectivity index (χ0) is 13.0. The molecule has 0 bridgehead atoms. The normalized spacial score (nSPS) is 10.2. The largest absolute Gasteiger partial charge is 0.436 e. The molecule has 0 unspecified atom stereocenters. The fourth-order valence-corrected chi connectivity index (χ4v) is 1.70. The topological polar surface area (TPSA) is 59.9 Å². The third-order valence-electron chi connectivity index (χ3n) is 1.94. The zero-order valence-corrected chi connectivity index (χ0v) is 11.9. The van der Waals surface area contributed by atoms with E-state index in [0.29, 0.717) is 22.6 Å². The molecule has 0 saturated heterocycles. The maximum absolute atomic E-state index is 5.98. The van der Waals surface area contributed by atoms with Gasteiger partial charge in [-0.05, 0) is 28.9 Å². The molecule has 0 aliphatic rings. The van der Waals surface area contributed by atoms with Crippen LogP contribution in [0.5, 0.6) is 11.6 Å². The van der Waals surface area contributed by atoms with Gasteiger partial charge in [-0.1, -0.05) is 11.6 Å². The summed E-state index contributed by atoms with van der Waals surface area (Å²) in [5, 5.41) is 3.33. The first-order chi connectivity index (χ1) is 8.69. The molecule has 18 heavy (non-hydrogen) atoms. The van der Waals surface area contributed by atoms with Crippen molar-refractivity contribution in [2.24, 2.45) is 0 Å². The van der Waals surface area contributed by atoms with Crippen molar-refractivity contribution in [1.82, 2.24) is 15.0 Å². The third kappa shape index (κ3) is 3.30. The van der Waals surface area contributed by atoms with Gasteiger partial charge in [0.25, 0.3) is 0 Å². The number of halogens is 2. The van der Waals surface area contributed by atoms with Crippen LogP contribution >= 0.6 is 27.5 Å². The highest BCUT2D eigenvalue weighted by molar-refractivity contribution is 9.10. The van der Waals surface area contributed by atoms with Crippen molar-refractivity contribution >= 4 is 33.5 Å². The highest BCUT2D eigenvalue weighted by atomic mass is 79.9. The fraction of sp³-hybridized carbons (Fsp3) is 0.182. The van der Waals surface area contributed by atoms with Crippen molar-refractivity contribution in [2.75, 3.05) is 11.9 Å². The lowest BCUT2D eigenvalue weighted by atomic mass is 10.4. The number of rotatable bonds is 4. The number of hydrogen-bond acceptors (Lipinski definition) is 5. The Hall–Kier alpha value is -1.40. The van der Waals surface area contributed by atoms with Crippen LogP contribution in [0.4, 0.5) is 5.95 Å². The van der Waals surface area contributed by atoms with Crippen LogP contribution in [0.2, 0.25) is 5.02 Å². The molecule has 0 amide bonds. The van der Waals surface area contributed by atoms with E-state index >= 15 is 0 Å². The Bertz CT molecular complexity index is 552. The molecule has 2 heterocycles. The van der Waals surface area contributed by atoms with E-state index in [4.69, 9.17) is 16.3 Å². The van der Waals surface area contributed by atoms with Crippen molar-refractivity contribution in [2.45, 2.75) is 6.92 Å². The number of pyridine rings is 1. The minimum Gasteiger partial charge on any atom is -0.436 e. The summed E-state index contributed by atoms with van der Waals surface area (Å²) in [5.74, 6) is 1.31. The molecule has 0 radical (unpaired) electrons. The van der Waals surface area contributed by atoms with Crippen molar-refractivity contribution in [1.29, 1.82) is 0 Å². The Balaban J connectivity index is 2.25. The lowest BCUT2D eigenvalue weighted by molar-refractivity contribution is 0.460. The SMILES string of the molecule is CCNc1ncc(Cl)c(Oc2cncc(Br)c2)n1. The number of hydrogen-bond donors (Lipinski definition) is 1. The van der Waals surface area contributed by atoms with Crippen LogP contribution in [0.3, 0.4) is 0 Å². The number of aromatic nitrogens is 3. The Morgan fingerprint density at radius 3 is 2.94 bits per heavy atom. The minimum absolute atomic E-state index is 0.294. The minimum atomic E-state index is 0.294. The number of nitrogens with zero attached hydrogens (tertiary/aromatic N) is 3. The van der Waals surface area contributed by atoms with E-state index in [2.05, 4.69) is 36.2 Å². The summed E-state index contributed by atoms with van der Waals surface area (Å²) in [6, 6.07) is 1.78. The maximum Gasteiger partial charge on any atom is 0.243 e. The molecule has 0 aliphatic carbocycles. The average Bonchev–Trinajstić information content (AvgIpc) is 2.34. The Labute approximate surface area is 118 Å². The monoisotopic (exact) mass is 328 g/mol. The molecule has 0 aliphatic heterocycles. The first-order valence-corrected chi connectivity index (χ1v) is 6.41. The highest BCUT2D eigenvalue weighted by Crippen LogP contribution is 2.28. The van der Waals surface area contributed by atoms with Crippen molar-refractivity contribution in [3.8, 4) is 11.6 Å². The van der Waals surface area contributed by atoms with Crippen LogP contribution in [0.25, 0.3) is 0 Å². The number of nitrogens with one attached hydrogen (secondary N) is 1. The average molecular weight is 330 g/mol. The van der Waals surface area contributed by atoms with Crippen molar-refractivity contribution < 1.29 is 4.74 Å². The molecule has 2 aromatic rings. The summed E-state index contributed by atoms with van der Waals surface area (Å²) in [5.41, 5.74) is 0. The molecule has 0 atom stereocenters. The predicted molar refractivity (Wildman–Crippen MR) is 73.2 cm³/mol. The standard InChI is InChI=1S/C11H10BrClN4O/c1-2-15-11-16-6-9(13)10(17-11)18-8-3-7(12)4-14-5-8/h3-6H,2H2,1H3,(H,15,16,17). The van der Waals surface area contributed by atoms with Crippen molar-refractivity contribution in [3.63, 3.8) is 0 Å². The molecule has 0 spiro atoms. The number of ether oxygens (including phenoxy) is 1. The lowest BCUT2D eigenvalue weighted by Gasteiger charge is -2.08. The smallest absolute Gasteiger partial charge is 0.243 e. The molecule has 1 N–H and O–H groups in total. The Kier molecular flexibility index (Phi) is 4.33. The van der Waals surface area contributed by atoms with Gasteiger partial charge in [0.05, 0.1) is 12.4 Å². The number of anilines is 1. The first-order valence-electron chi connectivity index (χ1n) is 5.24. The maximum atomic E-state index is 5.98. The van der Waals surface area contributed by atoms with Crippen LogP contribution in [-0.2, 0) is 0 Å². The molecule has 0 aromatic carbocycles. The third-order valence-corrected chi connectivity index (χ3v) is 2.63. The van der Waals surface area contributed by atoms with Gasteiger partial charge >= 0.3 is 0 Å². The molecule has 94 valence electrons. The van der Waals surface area contributed by atoms with Crippen LogP contribution in [0, 0.1) is 0 Å². The lowest BCUT2D eigenvalue weighted by Crippen LogP contribution is -2.03. The predicted octanol–water partition coefficient (Wildman–Crippen LogP) is 3.51. The van der Waals surface area contributed by atoms with Gasteiger partial charge in [-0.2, -0.15) is 4.98 Å². The fourth-order valence-electron chi connectivity index (χ4n) is 1.23. The van der Waals surface area contributed by atoms with Gasteiger partial charge in [0.2, 0.25) is 11.8 Å². The molecule has 2 rings (SSSR count). The van der Waals surface area contributed by atoms with E-state index in [1.807, 2.05) is 6.92 Å². The van der Waals surface area contributed by atoms with Crippen LogP contribution in [0.1, 0.15) is 6.92 Å². The van der Waals surface area contributed by atoms with Gasteiger partial charge in [0.15, 0.2) is 0 Å². The summed E-state index contributed by atoms with van der Waals surface area (Å²) < 4.78 is 6.38. The van der Waals surface area contributed by atoms with E-state index in [0.717, 1.165) is 11.0 Å². The van der Waals surface area contributed by atoms with Gasteiger partial charge in [0, 0.05) is 17.2 Å². The zero-order valence-electron chi connectivity index (χ0n) is 9.52. The molecule has 0 fully saturated rings. The van der Waals surface area contributed by atoms with Crippen LogP contribution < -0.4 is 10.1 Å². The first kappa shape index (κ1) is 13.0. The summed E-state index contributed by atoms with van der Waals surface area (Å²) in [6.07, 6.45) is 4.74. The Morgan fingerprint density at radius 2 is 2.22 bits per heavy atom. The van der Waals surface area contributed by atoms with Gasteiger partial charge in [-0.15, -0.1) is 0 Å². The van der Waals surface area contributed by atoms with Gasteiger partial charge < -0.3 is 10.1 Å². The molecule has 0 saturated carbocycles. The van der Waals surface area contributed by atoms with E-state index < -0.39 is 0 Å². The van der Waals surface area contributed by atoms with Gasteiger partial charge in [-0.3, -0.25) is 4.98 Å². The van der Waals surface area contributed by atoms with E-state index in [-0.39, 0.29) is 0 Å². The Morgan fingerprint density at radius 1 is 1.39 bits per heavy atom. The second-order valence-corrected chi connectivity index (χ2v) is 4.64. The summed E-state index contributed by atoms with van der Waals surface area (Å²) in [7, 11) is 0. The molecular formula is C11H10BrClN4O. The van der Waals surface area contributed by atoms with E-state index in [1.165, 1.54) is 6.20 Å². The quantitative estimate of drug-likeness (QED) is 0.930. The summed E-state index contributed by atoms with van der Waals surface area (Å²) in [4.78, 5) is 12.2. The van der Waals surface area contributed by atoms with Crippen LogP contribution in [0.15, 0.2) is 29.1 Å². The second kappa shape index (κ2) is 5.97. The van der Waals surface area contributed by atoms with Crippen molar-refractivity contribution in [3.05, 3.63) is 34.2 Å². The summed E-state index contributed by atoms with van der Waals surface area (Å²) in [6.45, 7) is 2.68.